The Balaban J connectivity index is 3.80. The zero-order valence-corrected chi connectivity index (χ0v) is 10.8. The first-order valence-corrected chi connectivity index (χ1v) is 6.59. The van der Waals surface area contributed by atoms with E-state index in [0.717, 1.165) is 5.75 Å². The quantitative estimate of drug-likeness (QED) is 0.711. The van der Waals surface area contributed by atoms with Gasteiger partial charge in [0.1, 0.15) is 0 Å². The molecule has 1 atom stereocenters. The number of hydrogen-bond donors (Lipinski definition) is 2. The Kier molecular flexibility index (Phi) is 7.80. The van der Waals surface area contributed by atoms with Crippen LogP contribution in [0.15, 0.2) is 0 Å². The van der Waals surface area contributed by atoms with Gasteiger partial charge in [-0.05, 0) is 19.6 Å². The number of carboxylic acid groups (broad SMARTS) is 1. The van der Waals surface area contributed by atoms with E-state index in [0.29, 0.717) is 13.0 Å². The topological polar surface area (TPSA) is 69.6 Å². The van der Waals surface area contributed by atoms with Crippen LogP contribution < -0.4 is 5.32 Å². The summed E-state index contributed by atoms with van der Waals surface area (Å²) >= 11 is 1.68. The highest BCUT2D eigenvalue weighted by Crippen LogP contribution is 1.98. The van der Waals surface area contributed by atoms with Crippen molar-refractivity contribution in [1.82, 2.24) is 10.2 Å². The fourth-order valence-corrected chi connectivity index (χ4v) is 1.52. The average Bonchev–Trinajstić information content (AvgIpc) is 2.22. The molecule has 1 unspecified atom stereocenters. The second-order valence-corrected chi connectivity index (χ2v) is 4.68. The van der Waals surface area contributed by atoms with E-state index < -0.39 is 5.97 Å². The van der Waals surface area contributed by atoms with Crippen molar-refractivity contribution in [3.8, 4) is 0 Å². The predicted molar refractivity (Wildman–Crippen MR) is 65.9 cm³/mol. The van der Waals surface area contributed by atoms with Crippen molar-refractivity contribution in [2.24, 2.45) is 0 Å². The van der Waals surface area contributed by atoms with Gasteiger partial charge in [-0.25, -0.2) is 4.79 Å². The number of hydrogen-bond acceptors (Lipinski definition) is 3. The van der Waals surface area contributed by atoms with Gasteiger partial charge in [-0.3, -0.25) is 4.79 Å². The van der Waals surface area contributed by atoms with Gasteiger partial charge in [0.05, 0.1) is 0 Å². The minimum Gasteiger partial charge on any atom is -0.481 e. The third kappa shape index (κ3) is 7.39. The molecular formula is C10H20N2O3S. The molecule has 0 saturated carbocycles. The van der Waals surface area contributed by atoms with Gasteiger partial charge in [0, 0.05) is 31.8 Å². The van der Waals surface area contributed by atoms with Crippen LogP contribution in [-0.4, -0.2) is 53.6 Å². The van der Waals surface area contributed by atoms with Gasteiger partial charge in [-0.1, -0.05) is 0 Å². The van der Waals surface area contributed by atoms with Crippen molar-refractivity contribution in [2.45, 2.75) is 25.8 Å². The zero-order valence-electron chi connectivity index (χ0n) is 10.0. The van der Waals surface area contributed by atoms with Gasteiger partial charge in [0.15, 0.2) is 0 Å². The predicted octanol–water partition coefficient (Wildman–Crippen LogP) is 1.24. The fraction of sp³-hybridized carbons (Fsp3) is 0.800. The Labute approximate surface area is 101 Å². The third-order valence-corrected chi connectivity index (χ3v) is 2.73. The second-order valence-electron chi connectivity index (χ2n) is 3.70. The second kappa shape index (κ2) is 8.27. The Hall–Kier alpha value is -0.910. The molecule has 2 N–H and O–H groups in total. The summed E-state index contributed by atoms with van der Waals surface area (Å²) in [5.41, 5.74) is 0. The van der Waals surface area contributed by atoms with Gasteiger partial charge in [0.25, 0.3) is 0 Å². The molecule has 5 nitrogen and oxygen atoms in total. The Bertz CT molecular complexity index is 236. The minimum atomic E-state index is -0.836. The molecule has 0 spiro atoms. The highest BCUT2D eigenvalue weighted by atomic mass is 32.2. The van der Waals surface area contributed by atoms with Crippen LogP contribution in [-0.2, 0) is 4.79 Å². The van der Waals surface area contributed by atoms with Gasteiger partial charge in [-0.15, -0.1) is 0 Å². The first-order chi connectivity index (χ1) is 7.47. The highest BCUT2D eigenvalue weighted by Gasteiger charge is 2.12. The van der Waals surface area contributed by atoms with E-state index in [1.165, 1.54) is 0 Å². The van der Waals surface area contributed by atoms with Crippen molar-refractivity contribution in [1.29, 1.82) is 0 Å². The van der Waals surface area contributed by atoms with Crippen LogP contribution in [0.25, 0.3) is 0 Å². The van der Waals surface area contributed by atoms with E-state index in [1.807, 2.05) is 13.2 Å². The van der Waals surface area contributed by atoms with Crippen LogP contribution in [0, 0.1) is 0 Å². The van der Waals surface area contributed by atoms with Crippen LogP contribution in [0.1, 0.15) is 19.8 Å². The summed E-state index contributed by atoms with van der Waals surface area (Å²) in [7, 11) is 1.73. The van der Waals surface area contributed by atoms with Crippen molar-refractivity contribution < 1.29 is 14.7 Å². The Morgan fingerprint density at radius 1 is 1.50 bits per heavy atom. The molecule has 0 aromatic rings. The summed E-state index contributed by atoms with van der Waals surface area (Å²) in [5, 5.41) is 11.3. The number of urea groups is 1. The van der Waals surface area contributed by atoms with Crippen LogP contribution in [0.2, 0.25) is 0 Å². The lowest BCUT2D eigenvalue weighted by atomic mass is 10.2. The van der Waals surface area contributed by atoms with Gasteiger partial charge in [-0.2, -0.15) is 11.8 Å². The van der Waals surface area contributed by atoms with E-state index >= 15 is 0 Å². The first-order valence-electron chi connectivity index (χ1n) is 5.19. The maximum absolute atomic E-state index is 11.6. The lowest BCUT2D eigenvalue weighted by Gasteiger charge is -2.20. The smallest absolute Gasteiger partial charge is 0.317 e. The van der Waals surface area contributed by atoms with Crippen molar-refractivity contribution in [3.63, 3.8) is 0 Å². The van der Waals surface area contributed by atoms with Gasteiger partial charge < -0.3 is 15.3 Å². The molecule has 0 saturated heterocycles. The molecule has 0 aromatic carbocycles. The van der Waals surface area contributed by atoms with E-state index in [-0.39, 0.29) is 18.5 Å². The largest absolute Gasteiger partial charge is 0.481 e. The molecule has 0 fully saturated rings. The lowest BCUT2D eigenvalue weighted by Crippen LogP contribution is -2.42. The summed E-state index contributed by atoms with van der Waals surface area (Å²) in [5.74, 6) is 0.0600. The summed E-state index contributed by atoms with van der Waals surface area (Å²) in [4.78, 5) is 23.5. The van der Waals surface area contributed by atoms with Gasteiger partial charge in [0.2, 0.25) is 0 Å². The summed E-state index contributed by atoms with van der Waals surface area (Å²) in [6, 6.07) is -0.257. The van der Waals surface area contributed by atoms with Crippen molar-refractivity contribution in [3.05, 3.63) is 0 Å². The SMILES string of the molecule is CSCCN(C)C(=O)NC(C)CCC(=O)O. The molecule has 0 rings (SSSR count). The van der Waals surface area contributed by atoms with Crippen LogP contribution in [0.3, 0.4) is 0 Å². The molecule has 0 aliphatic carbocycles. The average molecular weight is 248 g/mol. The first kappa shape index (κ1) is 15.1. The zero-order chi connectivity index (χ0) is 12.6. The van der Waals surface area contributed by atoms with E-state index in [1.54, 1.807) is 23.7 Å². The molecule has 16 heavy (non-hydrogen) atoms. The number of nitrogens with zero attached hydrogens (tertiary/aromatic N) is 1. The molecule has 0 aromatic heterocycles. The normalized spacial score (nSPS) is 11.9. The summed E-state index contributed by atoms with van der Waals surface area (Å²) in [6.07, 6.45) is 2.52. The van der Waals surface area contributed by atoms with Crippen molar-refractivity contribution in [2.75, 3.05) is 25.6 Å². The monoisotopic (exact) mass is 248 g/mol. The maximum Gasteiger partial charge on any atom is 0.317 e. The molecule has 2 amide bonds. The molecule has 6 heteroatoms. The third-order valence-electron chi connectivity index (χ3n) is 2.14. The molecule has 0 radical (unpaired) electrons. The molecule has 94 valence electrons. The number of aliphatic carboxylic acids is 1. The van der Waals surface area contributed by atoms with E-state index in [2.05, 4.69) is 5.32 Å². The lowest BCUT2D eigenvalue weighted by molar-refractivity contribution is -0.137. The molecule has 0 aliphatic rings. The number of rotatable bonds is 7. The minimum absolute atomic E-state index is 0.0793. The Morgan fingerprint density at radius 3 is 2.62 bits per heavy atom. The number of nitrogens with one attached hydrogen (secondary N) is 1. The van der Waals surface area contributed by atoms with E-state index in [9.17, 15) is 9.59 Å². The number of amides is 2. The summed E-state index contributed by atoms with van der Waals surface area (Å²) < 4.78 is 0. The van der Waals surface area contributed by atoms with Crippen molar-refractivity contribution >= 4 is 23.8 Å². The number of carbonyl (C=O) groups is 2. The van der Waals surface area contributed by atoms with E-state index in [4.69, 9.17) is 5.11 Å². The maximum atomic E-state index is 11.6. The fourth-order valence-electron chi connectivity index (χ4n) is 1.06. The van der Waals surface area contributed by atoms with Crippen LogP contribution in [0.4, 0.5) is 4.79 Å². The standard InChI is InChI=1S/C10H20N2O3S/c1-8(4-5-9(13)14)11-10(15)12(2)6-7-16-3/h8H,4-7H2,1-3H3,(H,11,15)(H,13,14). The van der Waals surface area contributed by atoms with Crippen LogP contribution in [0.5, 0.6) is 0 Å². The molecule has 0 heterocycles. The number of carboxylic acids is 1. The highest BCUT2D eigenvalue weighted by molar-refractivity contribution is 7.98. The van der Waals surface area contributed by atoms with Gasteiger partial charge >= 0.3 is 12.0 Å². The Morgan fingerprint density at radius 2 is 2.12 bits per heavy atom. The number of thioether (sulfide) groups is 1. The van der Waals surface area contributed by atoms with Crippen LogP contribution >= 0.6 is 11.8 Å². The molecule has 0 bridgehead atoms. The summed E-state index contributed by atoms with van der Waals surface area (Å²) in [6.45, 7) is 2.50. The molecular weight excluding hydrogens is 228 g/mol. The number of carbonyl (C=O) groups excluding carboxylic acids is 1. The molecule has 0 aliphatic heterocycles.